The minimum Gasteiger partial charge on any atom is -0.493 e. The van der Waals surface area contributed by atoms with Gasteiger partial charge in [0.1, 0.15) is 12.1 Å². The van der Waals surface area contributed by atoms with Gasteiger partial charge in [0.05, 0.1) is 19.8 Å². The molecule has 1 atom stereocenters. The van der Waals surface area contributed by atoms with Gasteiger partial charge in [-0.3, -0.25) is 4.99 Å². The lowest BCUT2D eigenvalue weighted by Gasteiger charge is -2.17. The van der Waals surface area contributed by atoms with Crippen molar-refractivity contribution < 1.29 is 9.47 Å². The third kappa shape index (κ3) is 6.84. The fraction of sp³-hybridized carbons (Fsp3) is 0.550. The van der Waals surface area contributed by atoms with E-state index < -0.39 is 0 Å². The number of aryl methyl sites for hydroxylation is 2. The lowest BCUT2D eigenvalue weighted by Crippen LogP contribution is -2.37. The van der Waals surface area contributed by atoms with Gasteiger partial charge in [-0.1, -0.05) is 12.1 Å². The Morgan fingerprint density at radius 3 is 2.90 bits per heavy atom. The van der Waals surface area contributed by atoms with Gasteiger partial charge in [-0.05, 0) is 31.9 Å². The molecule has 1 aliphatic rings. The third-order valence-corrected chi connectivity index (χ3v) is 4.84. The second-order valence-electron chi connectivity index (χ2n) is 6.96. The summed E-state index contributed by atoms with van der Waals surface area (Å²) < 4.78 is 13.6. The molecular formula is C20H31IN6O2. The summed E-state index contributed by atoms with van der Waals surface area (Å²) in [5, 5.41) is 14.7. The van der Waals surface area contributed by atoms with Crippen molar-refractivity contribution in [2.24, 2.45) is 10.9 Å². The van der Waals surface area contributed by atoms with Gasteiger partial charge >= 0.3 is 0 Å². The zero-order chi connectivity index (χ0) is 19.8. The quantitative estimate of drug-likeness (QED) is 0.320. The van der Waals surface area contributed by atoms with Crippen molar-refractivity contribution in [3.05, 3.63) is 41.5 Å². The van der Waals surface area contributed by atoms with Crippen LogP contribution in [0.3, 0.4) is 0 Å². The fourth-order valence-electron chi connectivity index (χ4n) is 3.11. The van der Waals surface area contributed by atoms with E-state index in [0.717, 1.165) is 43.3 Å². The van der Waals surface area contributed by atoms with Crippen molar-refractivity contribution in [1.29, 1.82) is 0 Å². The van der Waals surface area contributed by atoms with Crippen LogP contribution in [0.4, 0.5) is 0 Å². The Morgan fingerprint density at radius 1 is 1.34 bits per heavy atom. The number of hydrogen-bond donors (Lipinski definition) is 2. The number of guanidine groups is 1. The lowest BCUT2D eigenvalue weighted by atomic mass is 10.1. The predicted octanol–water partition coefficient (Wildman–Crippen LogP) is 2.50. The number of rotatable bonds is 8. The van der Waals surface area contributed by atoms with Crippen LogP contribution in [0.2, 0.25) is 0 Å². The molecule has 2 N–H and O–H groups in total. The zero-order valence-corrected chi connectivity index (χ0v) is 19.7. The van der Waals surface area contributed by atoms with Gasteiger partial charge in [-0.15, -0.1) is 34.2 Å². The Labute approximate surface area is 189 Å². The Morgan fingerprint density at radius 2 is 2.17 bits per heavy atom. The molecule has 8 nitrogen and oxygen atoms in total. The number of ether oxygens (including phenoxy) is 2. The summed E-state index contributed by atoms with van der Waals surface area (Å²) in [4.78, 5) is 4.29. The Balaban J connectivity index is 0.00000300. The normalized spacial score (nSPS) is 16.4. The minimum atomic E-state index is 0. The monoisotopic (exact) mass is 514 g/mol. The summed E-state index contributed by atoms with van der Waals surface area (Å²) in [5.41, 5.74) is 2.28. The van der Waals surface area contributed by atoms with E-state index in [1.807, 2.05) is 4.57 Å². The molecule has 0 bridgehead atoms. The highest BCUT2D eigenvalue weighted by molar-refractivity contribution is 14.0. The molecule has 9 heteroatoms. The molecule has 1 unspecified atom stereocenters. The molecule has 3 rings (SSSR count). The number of hydrogen-bond acceptors (Lipinski definition) is 5. The van der Waals surface area contributed by atoms with E-state index in [1.54, 1.807) is 13.4 Å². The molecule has 1 fully saturated rings. The molecule has 2 aromatic rings. The van der Waals surface area contributed by atoms with Gasteiger partial charge in [-0.2, -0.15) is 0 Å². The summed E-state index contributed by atoms with van der Waals surface area (Å²) >= 11 is 0. The third-order valence-electron chi connectivity index (χ3n) is 4.84. The molecule has 0 saturated carbocycles. The lowest BCUT2D eigenvalue weighted by molar-refractivity contribution is 0.166. The number of aromatic nitrogens is 3. The molecule has 1 aromatic carbocycles. The largest absolute Gasteiger partial charge is 0.493 e. The van der Waals surface area contributed by atoms with Gasteiger partial charge in [0.2, 0.25) is 0 Å². The number of aliphatic imine (C=N–C) groups is 1. The van der Waals surface area contributed by atoms with Crippen LogP contribution in [0.25, 0.3) is 0 Å². The molecule has 0 amide bonds. The average molecular weight is 514 g/mol. The summed E-state index contributed by atoms with van der Waals surface area (Å²) in [6, 6.07) is 6.29. The standard InChI is InChI=1S/C20H30N6O2.HI/c1-4-26-14-24-25-19(26)11-23-20(21-3)22-10-17-6-5-15(2)9-18(17)28-13-16-7-8-27-12-16;/h5-6,9,14,16H,4,7-8,10-13H2,1-3H3,(H2,21,22,23);1H. The molecule has 1 aliphatic heterocycles. The second-order valence-corrected chi connectivity index (χ2v) is 6.96. The highest BCUT2D eigenvalue weighted by Gasteiger charge is 2.17. The van der Waals surface area contributed by atoms with E-state index >= 15 is 0 Å². The predicted molar refractivity (Wildman–Crippen MR) is 124 cm³/mol. The van der Waals surface area contributed by atoms with Crippen LogP contribution >= 0.6 is 24.0 Å². The average Bonchev–Trinajstić information content (AvgIpc) is 3.39. The molecular weight excluding hydrogens is 483 g/mol. The van der Waals surface area contributed by atoms with Crippen LogP contribution in [0.15, 0.2) is 29.5 Å². The van der Waals surface area contributed by atoms with E-state index in [1.165, 1.54) is 5.56 Å². The molecule has 0 spiro atoms. The van der Waals surface area contributed by atoms with Crippen LogP contribution in [0.5, 0.6) is 5.75 Å². The van der Waals surface area contributed by atoms with Gasteiger partial charge in [-0.25, -0.2) is 0 Å². The SMILES string of the molecule is CCn1cnnc1CNC(=NC)NCc1ccc(C)cc1OCC1CCOC1.I. The highest BCUT2D eigenvalue weighted by Crippen LogP contribution is 2.22. The molecule has 0 radical (unpaired) electrons. The summed E-state index contributed by atoms with van der Waals surface area (Å²) in [6.07, 6.45) is 2.80. The van der Waals surface area contributed by atoms with Crippen LogP contribution < -0.4 is 15.4 Å². The molecule has 2 heterocycles. The molecule has 160 valence electrons. The Bertz CT molecular complexity index is 789. The summed E-state index contributed by atoms with van der Waals surface area (Å²) in [5.74, 6) is 2.98. The maximum absolute atomic E-state index is 6.12. The maximum Gasteiger partial charge on any atom is 0.191 e. The van der Waals surface area contributed by atoms with Crippen molar-refractivity contribution in [3.63, 3.8) is 0 Å². The second kappa shape index (κ2) is 12.0. The van der Waals surface area contributed by atoms with Crippen molar-refractivity contribution >= 4 is 29.9 Å². The number of benzene rings is 1. The van der Waals surface area contributed by atoms with E-state index in [0.29, 0.717) is 31.6 Å². The van der Waals surface area contributed by atoms with Gasteiger partial charge < -0.3 is 24.7 Å². The van der Waals surface area contributed by atoms with Crippen molar-refractivity contribution in [2.45, 2.75) is 39.9 Å². The van der Waals surface area contributed by atoms with Gasteiger partial charge in [0.15, 0.2) is 11.8 Å². The Hall–Kier alpha value is -1.88. The van der Waals surface area contributed by atoms with E-state index in [4.69, 9.17) is 9.47 Å². The van der Waals surface area contributed by atoms with Gasteiger partial charge in [0.25, 0.3) is 0 Å². The first-order valence-corrected chi connectivity index (χ1v) is 9.80. The van der Waals surface area contributed by atoms with E-state index in [9.17, 15) is 0 Å². The number of nitrogens with zero attached hydrogens (tertiary/aromatic N) is 4. The van der Waals surface area contributed by atoms with Crippen LogP contribution in [-0.4, -0.2) is 47.6 Å². The van der Waals surface area contributed by atoms with Crippen LogP contribution in [0.1, 0.15) is 30.3 Å². The summed E-state index contributed by atoms with van der Waals surface area (Å²) in [6.45, 7) is 8.48. The van der Waals surface area contributed by atoms with Crippen molar-refractivity contribution in [3.8, 4) is 5.75 Å². The fourth-order valence-corrected chi connectivity index (χ4v) is 3.11. The van der Waals surface area contributed by atoms with E-state index in [2.05, 4.69) is 57.9 Å². The topological polar surface area (TPSA) is 85.6 Å². The van der Waals surface area contributed by atoms with Crippen LogP contribution in [0, 0.1) is 12.8 Å². The smallest absolute Gasteiger partial charge is 0.191 e. The highest BCUT2D eigenvalue weighted by atomic mass is 127. The minimum absolute atomic E-state index is 0. The molecule has 1 aromatic heterocycles. The van der Waals surface area contributed by atoms with Gasteiger partial charge in [0, 0.05) is 38.2 Å². The Kier molecular flexibility index (Phi) is 9.65. The number of halogens is 1. The first kappa shape index (κ1) is 23.4. The molecule has 29 heavy (non-hydrogen) atoms. The van der Waals surface area contributed by atoms with Crippen molar-refractivity contribution in [2.75, 3.05) is 26.9 Å². The first-order valence-electron chi connectivity index (χ1n) is 9.80. The summed E-state index contributed by atoms with van der Waals surface area (Å²) in [7, 11) is 1.76. The van der Waals surface area contributed by atoms with Crippen molar-refractivity contribution in [1.82, 2.24) is 25.4 Å². The zero-order valence-electron chi connectivity index (χ0n) is 17.4. The van der Waals surface area contributed by atoms with Crippen LogP contribution in [-0.2, 0) is 24.4 Å². The van der Waals surface area contributed by atoms with E-state index in [-0.39, 0.29) is 24.0 Å². The molecule has 0 aliphatic carbocycles. The number of nitrogens with one attached hydrogen (secondary N) is 2. The molecule has 1 saturated heterocycles. The maximum atomic E-state index is 6.12. The first-order chi connectivity index (χ1) is 13.7.